The molecule has 0 aromatic carbocycles. The van der Waals surface area contributed by atoms with Gasteiger partial charge in [-0.15, -0.1) is 0 Å². The SMILES string of the molecule is CC1(CNc2ccc(Br)cn2)CCNCC1. The Hall–Kier alpha value is -0.610. The quantitative estimate of drug-likeness (QED) is 0.896. The van der Waals surface area contributed by atoms with Crippen LogP contribution in [0.5, 0.6) is 0 Å². The van der Waals surface area contributed by atoms with Crippen molar-refractivity contribution in [1.29, 1.82) is 0 Å². The molecular weight excluding hydrogens is 266 g/mol. The van der Waals surface area contributed by atoms with E-state index in [-0.39, 0.29) is 0 Å². The number of aromatic nitrogens is 1. The minimum atomic E-state index is 0.403. The van der Waals surface area contributed by atoms with Gasteiger partial charge in [0.15, 0.2) is 0 Å². The van der Waals surface area contributed by atoms with Gasteiger partial charge in [-0.3, -0.25) is 0 Å². The summed E-state index contributed by atoms with van der Waals surface area (Å²) >= 11 is 3.39. The molecular formula is C12H18BrN3. The Kier molecular flexibility index (Phi) is 3.82. The first kappa shape index (κ1) is 11.9. The van der Waals surface area contributed by atoms with Gasteiger partial charge in [0.05, 0.1) is 0 Å². The molecule has 0 saturated carbocycles. The largest absolute Gasteiger partial charge is 0.370 e. The Morgan fingerprint density at radius 2 is 2.19 bits per heavy atom. The van der Waals surface area contributed by atoms with Gasteiger partial charge in [0.1, 0.15) is 5.82 Å². The Balaban J connectivity index is 1.88. The van der Waals surface area contributed by atoms with Gasteiger partial charge in [0.25, 0.3) is 0 Å². The highest BCUT2D eigenvalue weighted by Crippen LogP contribution is 2.27. The van der Waals surface area contributed by atoms with E-state index in [0.29, 0.717) is 5.41 Å². The number of nitrogens with one attached hydrogen (secondary N) is 2. The summed E-state index contributed by atoms with van der Waals surface area (Å²) in [5, 5.41) is 6.82. The lowest BCUT2D eigenvalue weighted by Gasteiger charge is -2.34. The average molecular weight is 284 g/mol. The third-order valence-corrected chi connectivity index (χ3v) is 3.70. The highest BCUT2D eigenvalue weighted by atomic mass is 79.9. The topological polar surface area (TPSA) is 37.0 Å². The third kappa shape index (κ3) is 3.19. The number of pyridine rings is 1. The first-order chi connectivity index (χ1) is 7.68. The number of hydrogen-bond donors (Lipinski definition) is 2. The van der Waals surface area contributed by atoms with Crippen LogP contribution in [0, 0.1) is 5.41 Å². The minimum Gasteiger partial charge on any atom is -0.370 e. The molecule has 0 amide bonds. The lowest BCUT2D eigenvalue weighted by atomic mass is 9.81. The number of nitrogens with zero attached hydrogens (tertiary/aromatic N) is 1. The third-order valence-electron chi connectivity index (χ3n) is 3.23. The van der Waals surface area contributed by atoms with Crippen LogP contribution in [0.25, 0.3) is 0 Å². The molecule has 88 valence electrons. The smallest absolute Gasteiger partial charge is 0.125 e. The average Bonchev–Trinajstić information content (AvgIpc) is 2.29. The fourth-order valence-electron chi connectivity index (χ4n) is 1.99. The summed E-state index contributed by atoms with van der Waals surface area (Å²) in [6.45, 7) is 5.61. The van der Waals surface area contributed by atoms with Crippen molar-refractivity contribution < 1.29 is 0 Å². The van der Waals surface area contributed by atoms with Crippen LogP contribution in [0.2, 0.25) is 0 Å². The van der Waals surface area contributed by atoms with Crippen molar-refractivity contribution >= 4 is 21.7 Å². The van der Waals surface area contributed by atoms with Crippen LogP contribution in [-0.2, 0) is 0 Å². The lowest BCUT2D eigenvalue weighted by molar-refractivity contribution is 0.247. The van der Waals surface area contributed by atoms with Gasteiger partial charge in [-0.05, 0) is 59.4 Å². The Bertz CT molecular complexity index is 331. The predicted molar refractivity (Wildman–Crippen MR) is 70.6 cm³/mol. The van der Waals surface area contributed by atoms with Gasteiger partial charge in [-0.2, -0.15) is 0 Å². The van der Waals surface area contributed by atoms with Crippen LogP contribution >= 0.6 is 15.9 Å². The Morgan fingerprint density at radius 3 is 2.81 bits per heavy atom. The maximum absolute atomic E-state index is 4.32. The van der Waals surface area contributed by atoms with Crippen molar-refractivity contribution in [2.24, 2.45) is 5.41 Å². The molecule has 1 aliphatic rings. The maximum atomic E-state index is 4.32. The van der Waals surface area contributed by atoms with E-state index in [4.69, 9.17) is 0 Å². The number of anilines is 1. The molecule has 0 spiro atoms. The van der Waals surface area contributed by atoms with Crippen molar-refractivity contribution in [3.05, 3.63) is 22.8 Å². The molecule has 2 rings (SSSR count). The van der Waals surface area contributed by atoms with Crippen LogP contribution < -0.4 is 10.6 Å². The molecule has 0 atom stereocenters. The van der Waals surface area contributed by atoms with Gasteiger partial charge >= 0.3 is 0 Å². The van der Waals surface area contributed by atoms with Crippen LogP contribution in [0.4, 0.5) is 5.82 Å². The van der Waals surface area contributed by atoms with Crippen LogP contribution in [0.1, 0.15) is 19.8 Å². The zero-order valence-electron chi connectivity index (χ0n) is 9.59. The molecule has 0 aliphatic carbocycles. The molecule has 2 N–H and O–H groups in total. The summed E-state index contributed by atoms with van der Waals surface area (Å²) in [5.41, 5.74) is 0.403. The molecule has 1 aliphatic heterocycles. The first-order valence-electron chi connectivity index (χ1n) is 5.74. The summed E-state index contributed by atoms with van der Waals surface area (Å²) in [4.78, 5) is 4.32. The second-order valence-electron chi connectivity index (χ2n) is 4.78. The maximum Gasteiger partial charge on any atom is 0.125 e. The monoisotopic (exact) mass is 283 g/mol. The highest BCUT2D eigenvalue weighted by molar-refractivity contribution is 9.10. The van der Waals surface area contributed by atoms with Crippen molar-refractivity contribution in [3.8, 4) is 0 Å². The van der Waals surface area contributed by atoms with E-state index in [1.54, 1.807) is 0 Å². The van der Waals surface area contributed by atoms with Gasteiger partial charge in [-0.1, -0.05) is 6.92 Å². The minimum absolute atomic E-state index is 0.403. The second kappa shape index (κ2) is 5.15. The van der Waals surface area contributed by atoms with E-state index >= 15 is 0 Å². The number of halogens is 1. The molecule has 1 aromatic rings. The van der Waals surface area contributed by atoms with E-state index in [1.165, 1.54) is 12.8 Å². The molecule has 1 fully saturated rings. The lowest BCUT2D eigenvalue weighted by Crippen LogP contribution is -2.39. The Morgan fingerprint density at radius 1 is 1.44 bits per heavy atom. The van der Waals surface area contributed by atoms with Gasteiger partial charge in [0.2, 0.25) is 0 Å². The Labute approximate surface area is 105 Å². The summed E-state index contributed by atoms with van der Waals surface area (Å²) in [6, 6.07) is 4.02. The van der Waals surface area contributed by atoms with Crippen LogP contribution in [-0.4, -0.2) is 24.6 Å². The molecule has 4 heteroatoms. The fraction of sp³-hybridized carbons (Fsp3) is 0.583. The van der Waals surface area contributed by atoms with Gasteiger partial charge in [0, 0.05) is 17.2 Å². The molecule has 2 heterocycles. The van der Waals surface area contributed by atoms with Crippen molar-refractivity contribution in [1.82, 2.24) is 10.3 Å². The van der Waals surface area contributed by atoms with E-state index < -0.39 is 0 Å². The first-order valence-corrected chi connectivity index (χ1v) is 6.53. The zero-order valence-corrected chi connectivity index (χ0v) is 11.2. The van der Waals surface area contributed by atoms with E-state index in [0.717, 1.165) is 29.9 Å². The summed E-state index contributed by atoms with van der Waals surface area (Å²) in [7, 11) is 0. The van der Waals surface area contributed by atoms with Crippen LogP contribution in [0.15, 0.2) is 22.8 Å². The molecule has 1 saturated heterocycles. The number of hydrogen-bond acceptors (Lipinski definition) is 3. The highest BCUT2D eigenvalue weighted by Gasteiger charge is 2.26. The normalized spacial score (nSPS) is 19.4. The predicted octanol–water partition coefficient (Wildman–Crippen LogP) is 2.65. The van der Waals surface area contributed by atoms with E-state index in [1.807, 2.05) is 18.3 Å². The second-order valence-corrected chi connectivity index (χ2v) is 5.69. The summed E-state index contributed by atoms with van der Waals surface area (Å²) < 4.78 is 1.02. The summed E-state index contributed by atoms with van der Waals surface area (Å²) in [5.74, 6) is 0.961. The summed E-state index contributed by atoms with van der Waals surface area (Å²) in [6.07, 6.45) is 4.29. The standard InChI is InChI=1S/C12H18BrN3/c1-12(4-6-14-7-5-12)9-16-11-3-2-10(13)8-15-11/h2-3,8,14H,4-7,9H2,1H3,(H,15,16). The van der Waals surface area contributed by atoms with Crippen molar-refractivity contribution in [3.63, 3.8) is 0 Å². The molecule has 1 aromatic heterocycles. The number of rotatable bonds is 3. The molecule has 3 nitrogen and oxygen atoms in total. The van der Waals surface area contributed by atoms with Gasteiger partial charge < -0.3 is 10.6 Å². The van der Waals surface area contributed by atoms with E-state index in [2.05, 4.69) is 38.5 Å². The molecule has 0 bridgehead atoms. The number of piperidine rings is 1. The van der Waals surface area contributed by atoms with E-state index in [9.17, 15) is 0 Å². The zero-order chi connectivity index (χ0) is 11.4. The molecule has 0 radical (unpaired) electrons. The fourth-order valence-corrected chi connectivity index (χ4v) is 2.23. The van der Waals surface area contributed by atoms with Crippen LogP contribution in [0.3, 0.4) is 0 Å². The molecule has 0 unspecified atom stereocenters. The molecule has 16 heavy (non-hydrogen) atoms. The van der Waals surface area contributed by atoms with Crippen molar-refractivity contribution in [2.45, 2.75) is 19.8 Å². The van der Waals surface area contributed by atoms with Crippen molar-refractivity contribution in [2.75, 3.05) is 25.0 Å². The van der Waals surface area contributed by atoms with Gasteiger partial charge in [-0.25, -0.2) is 4.98 Å².